The summed E-state index contributed by atoms with van der Waals surface area (Å²) in [7, 11) is 0. The first kappa shape index (κ1) is 25.5. The molecule has 7 rings (SSSR count). The number of nitrogens with zero attached hydrogens (tertiary/aromatic N) is 3. The molecule has 3 atom stereocenters. The second-order valence-corrected chi connectivity index (χ2v) is 11.5. The van der Waals surface area contributed by atoms with E-state index in [1.54, 1.807) is 0 Å². The van der Waals surface area contributed by atoms with E-state index in [2.05, 4.69) is 0 Å². The minimum Gasteiger partial charge on any atom is -0.305 e. The molecule has 4 aromatic carbocycles. The molecule has 1 aliphatic carbocycles. The van der Waals surface area contributed by atoms with Crippen LogP contribution < -0.4 is 9.91 Å². The summed E-state index contributed by atoms with van der Waals surface area (Å²) in [5.74, 6) is -0.806. The van der Waals surface area contributed by atoms with Crippen molar-refractivity contribution in [1.82, 2.24) is 0 Å². The van der Waals surface area contributed by atoms with Gasteiger partial charge in [-0.05, 0) is 49.9 Å². The number of hydrogen-bond acceptors (Lipinski definition) is 4. The van der Waals surface area contributed by atoms with E-state index >= 15 is 4.79 Å². The first-order valence-corrected chi connectivity index (χ1v) is 14.6. The molecule has 41 heavy (non-hydrogen) atoms. The second-order valence-electron chi connectivity index (χ2n) is 11.5. The predicted octanol–water partition coefficient (Wildman–Crippen LogP) is 7.30. The molecule has 0 aromatic heterocycles. The van der Waals surface area contributed by atoms with E-state index in [1.165, 1.54) is 0 Å². The van der Waals surface area contributed by atoms with Crippen molar-refractivity contribution in [2.45, 2.75) is 44.7 Å². The van der Waals surface area contributed by atoms with Crippen LogP contribution in [0.25, 0.3) is 0 Å². The fraction of sp³-hybridized carbons (Fsp3) is 0.250. The summed E-state index contributed by atoms with van der Waals surface area (Å²) < 4.78 is 0. The summed E-state index contributed by atoms with van der Waals surface area (Å²) in [5, 5.41) is 7.20. The molecule has 5 nitrogen and oxygen atoms in total. The fourth-order valence-electron chi connectivity index (χ4n) is 7.13. The highest BCUT2D eigenvalue weighted by molar-refractivity contribution is 6.16. The molecule has 5 heteroatoms. The highest BCUT2D eigenvalue weighted by Crippen LogP contribution is 2.56. The monoisotopic (exact) mass is 539 g/mol. The summed E-state index contributed by atoms with van der Waals surface area (Å²) in [4.78, 5) is 32.0. The Labute approximate surface area is 241 Å². The van der Waals surface area contributed by atoms with E-state index < -0.39 is 11.5 Å². The number of para-hydroxylation sites is 2. The van der Waals surface area contributed by atoms with Crippen LogP contribution in [-0.4, -0.2) is 17.4 Å². The minimum atomic E-state index is -1.31. The molecule has 4 aromatic rings. The van der Waals surface area contributed by atoms with Crippen molar-refractivity contribution < 1.29 is 9.59 Å². The Kier molecular flexibility index (Phi) is 6.30. The van der Waals surface area contributed by atoms with Gasteiger partial charge in [-0.25, -0.2) is 5.01 Å². The molecule has 0 unspecified atom stereocenters. The highest BCUT2D eigenvalue weighted by atomic mass is 16.2. The third-order valence-electron chi connectivity index (χ3n) is 9.02. The number of carbonyl (C=O) groups is 2. The SMILES string of the molecule is Cc1ccc(C(=O)[C@H]2[C@@H]3CCCCC3=NN(c3ccccc3)[C@]23C(=O)N(Cc2ccccc2)c2ccccc23)cc1. The summed E-state index contributed by atoms with van der Waals surface area (Å²) >= 11 is 0. The second kappa shape index (κ2) is 10.2. The number of hydrogen-bond donors (Lipinski definition) is 0. The predicted molar refractivity (Wildman–Crippen MR) is 163 cm³/mol. The molecule has 0 saturated heterocycles. The van der Waals surface area contributed by atoms with Crippen LogP contribution in [0, 0.1) is 18.8 Å². The van der Waals surface area contributed by atoms with Gasteiger partial charge in [0.25, 0.3) is 5.91 Å². The molecule has 1 amide bonds. The number of carbonyl (C=O) groups excluding carboxylic acids is 2. The van der Waals surface area contributed by atoms with Crippen LogP contribution in [0.2, 0.25) is 0 Å². The van der Waals surface area contributed by atoms with Crippen molar-refractivity contribution in [3.05, 3.63) is 131 Å². The first-order chi connectivity index (χ1) is 20.1. The zero-order valence-electron chi connectivity index (χ0n) is 23.2. The lowest BCUT2D eigenvalue weighted by Crippen LogP contribution is -2.64. The molecule has 204 valence electrons. The lowest BCUT2D eigenvalue weighted by molar-refractivity contribution is -0.125. The van der Waals surface area contributed by atoms with Crippen LogP contribution in [0.1, 0.15) is 52.7 Å². The zero-order chi connectivity index (χ0) is 28.0. The number of anilines is 2. The van der Waals surface area contributed by atoms with Gasteiger partial charge in [0, 0.05) is 22.8 Å². The molecule has 2 heterocycles. The average molecular weight is 540 g/mol. The van der Waals surface area contributed by atoms with Crippen LogP contribution in [0.4, 0.5) is 11.4 Å². The maximum atomic E-state index is 15.3. The molecule has 1 saturated carbocycles. The summed E-state index contributed by atoms with van der Waals surface area (Å²) in [6, 6.07) is 35.8. The third kappa shape index (κ3) is 4.02. The summed E-state index contributed by atoms with van der Waals surface area (Å²) in [5.41, 5.74) is 5.02. The van der Waals surface area contributed by atoms with Gasteiger partial charge < -0.3 is 4.90 Å². The molecule has 3 aliphatic rings. The largest absolute Gasteiger partial charge is 0.305 e. The Hall–Kier alpha value is -4.51. The Morgan fingerprint density at radius 2 is 1.54 bits per heavy atom. The van der Waals surface area contributed by atoms with Gasteiger partial charge in [0.05, 0.1) is 23.8 Å². The number of rotatable bonds is 5. The van der Waals surface area contributed by atoms with Gasteiger partial charge in [-0.15, -0.1) is 0 Å². The quantitative estimate of drug-likeness (QED) is 0.250. The van der Waals surface area contributed by atoms with Gasteiger partial charge in [0.1, 0.15) is 0 Å². The molecule has 0 bridgehead atoms. The van der Waals surface area contributed by atoms with Crippen molar-refractivity contribution in [2.24, 2.45) is 16.9 Å². The van der Waals surface area contributed by atoms with Crippen molar-refractivity contribution in [3.63, 3.8) is 0 Å². The van der Waals surface area contributed by atoms with E-state index in [9.17, 15) is 4.79 Å². The minimum absolute atomic E-state index is 0.00921. The van der Waals surface area contributed by atoms with E-state index in [4.69, 9.17) is 5.10 Å². The molecular formula is C36H33N3O2. The van der Waals surface area contributed by atoms with Crippen LogP contribution in [0.5, 0.6) is 0 Å². The third-order valence-corrected chi connectivity index (χ3v) is 9.02. The Morgan fingerprint density at radius 1 is 0.854 bits per heavy atom. The first-order valence-electron chi connectivity index (χ1n) is 14.6. The number of benzene rings is 4. The molecular weight excluding hydrogens is 506 g/mol. The van der Waals surface area contributed by atoms with Crippen molar-refractivity contribution in [1.29, 1.82) is 0 Å². The van der Waals surface area contributed by atoms with Gasteiger partial charge >= 0.3 is 0 Å². The highest BCUT2D eigenvalue weighted by Gasteiger charge is 2.66. The van der Waals surface area contributed by atoms with Gasteiger partial charge in [-0.1, -0.05) is 103 Å². The Balaban J connectivity index is 1.50. The standard InChI is InChI=1S/C36H33N3O2/c1-25-20-22-27(23-21-25)34(40)33-29-16-8-10-18-31(29)37-39(28-14-6-3-7-15-28)36(33)30-17-9-11-19-32(30)38(35(36)41)24-26-12-4-2-5-13-26/h2-7,9,11-15,17,19-23,29,33H,8,10,16,18,24H2,1H3/t29-,33-,36+/m1/s1. The van der Waals surface area contributed by atoms with Crippen LogP contribution >= 0.6 is 0 Å². The number of fused-ring (bicyclic) bond motifs is 3. The van der Waals surface area contributed by atoms with E-state index in [0.29, 0.717) is 12.1 Å². The molecule has 0 N–H and O–H groups in total. The number of ketones is 1. The Bertz CT molecular complexity index is 1630. The van der Waals surface area contributed by atoms with Crippen LogP contribution in [0.3, 0.4) is 0 Å². The van der Waals surface area contributed by atoms with E-state index in [0.717, 1.165) is 59.5 Å². The number of Topliss-reactive ketones (excluding diaryl/α,β-unsaturated/α-hetero) is 1. The molecule has 1 spiro atoms. The average Bonchev–Trinajstić information content (AvgIpc) is 3.25. The normalized spacial score (nSPS) is 23.2. The molecule has 2 aliphatic heterocycles. The summed E-state index contributed by atoms with van der Waals surface area (Å²) in [6.07, 6.45) is 3.75. The number of aryl methyl sites for hydroxylation is 1. The van der Waals surface area contributed by atoms with Crippen LogP contribution in [-0.2, 0) is 16.9 Å². The molecule has 0 radical (unpaired) electrons. The van der Waals surface area contributed by atoms with E-state index in [1.807, 2.05) is 126 Å². The zero-order valence-corrected chi connectivity index (χ0v) is 23.2. The Morgan fingerprint density at radius 3 is 2.29 bits per heavy atom. The van der Waals surface area contributed by atoms with Gasteiger partial charge in [-0.3, -0.25) is 9.59 Å². The smallest absolute Gasteiger partial charge is 0.260 e. The van der Waals surface area contributed by atoms with E-state index in [-0.39, 0.29) is 17.6 Å². The van der Waals surface area contributed by atoms with Gasteiger partial charge in [0.2, 0.25) is 0 Å². The summed E-state index contributed by atoms with van der Waals surface area (Å²) in [6.45, 7) is 2.45. The topological polar surface area (TPSA) is 53.0 Å². The van der Waals surface area contributed by atoms with Crippen molar-refractivity contribution in [2.75, 3.05) is 9.91 Å². The molecule has 1 fully saturated rings. The fourth-order valence-corrected chi connectivity index (χ4v) is 7.13. The van der Waals surface area contributed by atoms with Gasteiger partial charge in [-0.2, -0.15) is 5.10 Å². The van der Waals surface area contributed by atoms with Gasteiger partial charge in [0.15, 0.2) is 11.3 Å². The lowest BCUT2D eigenvalue weighted by atomic mass is 9.63. The van der Waals surface area contributed by atoms with Crippen molar-refractivity contribution >= 4 is 28.8 Å². The van der Waals surface area contributed by atoms with Crippen molar-refractivity contribution in [3.8, 4) is 0 Å². The number of hydrazone groups is 1. The maximum absolute atomic E-state index is 15.3. The maximum Gasteiger partial charge on any atom is 0.260 e. The lowest BCUT2D eigenvalue weighted by Gasteiger charge is -2.50. The van der Waals surface area contributed by atoms with Crippen LogP contribution in [0.15, 0.2) is 114 Å². The number of amides is 1.